The molecule has 15 heavy (non-hydrogen) atoms. The van der Waals surface area contributed by atoms with E-state index in [1.165, 1.54) is 0 Å². The molecule has 1 unspecified atom stereocenters. The highest BCUT2D eigenvalue weighted by atomic mass is 14.2. The van der Waals surface area contributed by atoms with Crippen LogP contribution in [0.1, 0.15) is 13.8 Å². The van der Waals surface area contributed by atoms with Gasteiger partial charge in [-0.1, -0.05) is 43.9 Å². The summed E-state index contributed by atoms with van der Waals surface area (Å²) in [6.07, 6.45) is 7.45. The van der Waals surface area contributed by atoms with E-state index in [1.807, 2.05) is 32.1 Å². The molecule has 0 saturated heterocycles. The van der Waals surface area contributed by atoms with Crippen LogP contribution in [0.3, 0.4) is 0 Å². The Kier molecular flexibility index (Phi) is 5.82. The first-order valence-electron chi connectivity index (χ1n) is 4.78. The maximum absolute atomic E-state index is 8.56. The van der Waals surface area contributed by atoms with Crippen LogP contribution >= 0.6 is 0 Å². The van der Waals surface area contributed by atoms with Gasteiger partial charge in [0.1, 0.15) is 0 Å². The number of hydrogen-bond donors (Lipinski definition) is 0. The Morgan fingerprint density at radius 3 is 2.33 bits per heavy atom. The third-order valence-corrected chi connectivity index (χ3v) is 1.91. The maximum atomic E-state index is 8.56. The van der Waals surface area contributed by atoms with Crippen molar-refractivity contribution in [3.63, 3.8) is 0 Å². The molecule has 0 spiro atoms. The van der Waals surface area contributed by atoms with E-state index in [0.29, 0.717) is 5.57 Å². The van der Waals surface area contributed by atoms with Crippen LogP contribution in [0.4, 0.5) is 0 Å². The summed E-state index contributed by atoms with van der Waals surface area (Å²) >= 11 is 0. The molecule has 1 atom stereocenters. The van der Waals surface area contributed by atoms with Gasteiger partial charge in [0, 0.05) is 5.57 Å². The maximum Gasteiger partial charge on any atom is 0.0985 e. The monoisotopic (exact) mass is 199 g/mol. The zero-order valence-corrected chi connectivity index (χ0v) is 9.46. The molecule has 0 aliphatic rings. The first-order valence-corrected chi connectivity index (χ1v) is 4.78. The minimum atomic E-state index is 0.289. The van der Waals surface area contributed by atoms with Gasteiger partial charge in [0.05, 0.1) is 6.07 Å². The van der Waals surface area contributed by atoms with Crippen molar-refractivity contribution in [1.82, 2.24) is 0 Å². The molecule has 0 rings (SSSR count). The zero-order chi connectivity index (χ0) is 11.8. The fourth-order valence-corrected chi connectivity index (χ4v) is 0.919. The second kappa shape index (κ2) is 6.62. The van der Waals surface area contributed by atoms with Crippen LogP contribution < -0.4 is 0 Å². The van der Waals surface area contributed by atoms with Crippen LogP contribution in [0.15, 0.2) is 60.8 Å². The third-order valence-electron chi connectivity index (χ3n) is 1.91. The van der Waals surface area contributed by atoms with Gasteiger partial charge in [-0.2, -0.15) is 5.26 Å². The summed E-state index contributed by atoms with van der Waals surface area (Å²) < 4.78 is 0. The normalized spacial score (nSPS) is 13.3. The van der Waals surface area contributed by atoms with Gasteiger partial charge in [0.25, 0.3) is 0 Å². The van der Waals surface area contributed by atoms with Crippen molar-refractivity contribution in [2.75, 3.05) is 0 Å². The molecule has 78 valence electrons. The van der Waals surface area contributed by atoms with Gasteiger partial charge in [-0.15, -0.1) is 6.58 Å². The third kappa shape index (κ3) is 5.49. The molecule has 0 heterocycles. The van der Waals surface area contributed by atoms with Crippen molar-refractivity contribution in [2.45, 2.75) is 13.8 Å². The predicted octanol–water partition coefficient (Wildman–Crippen LogP) is 3.95. The van der Waals surface area contributed by atoms with Crippen molar-refractivity contribution in [3.8, 4) is 6.07 Å². The SMILES string of the molecule is C=CC(C)/C=C(/C=C\C(=C)C#N)C(=C)C. The number of allylic oxidation sites excluding steroid dienone is 7. The molecule has 0 N–H and O–H groups in total. The minimum absolute atomic E-state index is 0.289. The lowest BCUT2D eigenvalue weighted by molar-refractivity contribution is 0.935. The molecule has 0 radical (unpaired) electrons. The quantitative estimate of drug-likeness (QED) is 0.373. The summed E-state index contributed by atoms with van der Waals surface area (Å²) in [5.74, 6) is 0.289. The molecular formula is C14H17N. The van der Waals surface area contributed by atoms with E-state index in [1.54, 1.807) is 6.08 Å². The molecule has 0 aliphatic carbocycles. The van der Waals surface area contributed by atoms with E-state index in [9.17, 15) is 0 Å². The summed E-state index contributed by atoms with van der Waals surface area (Å²) in [6.45, 7) is 15.2. The van der Waals surface area contributed by atoms with Crippen molar-refractivity contribution in [3.05, 3.63) is 60.8 Å². The summed E-state index contributed by atoms with van der Waals surface area (Å²) in [4.78, 5) is 0. The smallest absolute Gasteiger partial charge is 0.0985 e. The van der Waals surface area contributed by atoms with E-state index in [0.717, 1.165) is 11.1 Å². The predicted molar refractivity (Wildman–Crippen MR) is 66.2 cm³/mol. The lowest BCUT2D eigenvalue weighted by atomic mass is 10.0. The highest BCUT2D eigenvalue weighted by Gasteiger charge is 1.96. The largest absolute Gasteiger partial charge is 0.192 e. The fourth-order valence-electron chi connectivity index (χ4n) is 0.919. The molecule has 0 aliphatic heterocycles. The zero-order valence-electron chi connectivity index (χ0n) is 9.46. The van der Waals surface area contributed by atoms with Crippen LogP contribution in [0, 0.1) is 17.2 Å². The second-order valence-electron chi connectivity index (χ2n) is 3.47. The lowest BCUT2D eigenvalue weighted by Gasteiger charge is -2.03. The molecule has 0 aromatic heterocycles. The minimum Gasteiger partial charge on any atom is -0.192 e. The van der Waals surface area contributed by atoms with Crippen molar-refractivity contribution in [2.24, 2.45) is 5.92 Å². The molecule has 0 aromatic carbocycles. The Morgan fingerprint density at radius 2 is 1.93 bits per heavy atom. The van der Waals surface area contributed by atoms with Crippen LogP contribution in [0.2, 0.25) is 0 Å². The molecule has 0 bridgehead atoms. The molecule has 0 saturated carbocycles. The highest BCUT2D eigenvalue weighted by Crippen LogP contribution is 2.13. The van der Waals surface area contributed by atoms with Gasteiger partial charge in [-0.3, -0.25) is 0 Å². The lowest BCUT2D eigenvalue weighted by Crippen LogP contribution is -1.87. The first kappa shape index (κ1) is 13.2. The first-order chi connectivity index (χ1) is 7.01. The van der Waals surface area contributed by atoms with Crippen molar-refractivity contribution < 1.29 is 0 Å². The molecule has 1 heteroatoms. The van der Waals surface area contributed by atoms with E-state index in [4.69, 9.17) is 5.26 Å². The van der Waals surface area contributed by atoms with Crippen molar-refractivity contribution >= 4 is 0 Å². The van der Waals surface area contributed by atoms with Gasteiger partial charge >= 0.3 is 0 Å². The van der Waals surface area contributed by atoms with E-state index in [-0.39, 0.29) is 5.92 Å². The van der Waals surface area contributed by atoms with Gasteiger partial charge in [-0.05, 0) is 24.5 Å². The molecule has 0 amide bonds. The topological polar surface area (TPSA) is 23.8 Å². The Morgan fingerprint density at radius 1 is 1.33 bits per heavy atom. The number of rotatable bonds is 5. The average molecular weight is 199 g/mol. The Hall–Kier alpha value is -1.81. The molecule has 1 nitrogen and oxygen atoms in total. The van der Waals surface area contributed by atoms with Crippen LogP contribution in [0.5, 0.6) is 0 Å². The summed E-state index contributed by atoms with van der Waals surface area (Å²) in [6, 6.07) is 1.97. The highest BCUT2D eigenvalue weighted by molar-refractivity contribution is 5.42. The fraction of sp³-hybridized carbons (Fsp3) is 0.214. The molecular weight excluding hydrogens is 182 g/mol. The number of nitriles is 1. The van der Waals surface area contributed by atoms with Gasteiger partial charge < -0.3 is 0 Å². The van der Waals surface area contributed by atoms with E-state index >= 15 is 0 Å². The van der Waals surface area contributed by atoms with Crippen molar-refractivity contribution in [1.29, 1.82) is 5.26 Å². The number of hydrogen-bond acceptors (Lipinski definition) is 1. The average Bonchev–Trinajstić information content (AvgIpc) is 2.22. The van der Waals surface area contributed by atoms with E-state index < -0.39 is 0 Å². The van der Waals surface area contributed by atoms with Gasteiger partial charge in [0.2, 0.25) is 0 Å². The van der Waals surface area contributed by atoms with Crippen LogP contribution in [-0.4, -0.2) is 0 Å². The summed E-state index contributed by atoms with van der Waals surface area (Å²) in [7, 11) is 0. The van der Waals surface area contributed by atoms with Crippen LogP contribution in [0.25, 0.3) is 0 Å². The summed E-state index contributed by atoms with van der Waals surface area (Å²) in [5, 5.41) is 8.56. The van der Waals surface area contributed by atoms with E-state index in [2.05, 4.69) is 25.8 Å². The molecule has 0 aromatic rings. The second-order valence-corrected chi connectivity index (χ2v) is 3.47. The standard InChI is InChI=1S/C14H17N/c1-6-12(4)9-14(11(2)3)8-7-13(5)10-15/h6-9,12H,1-2,5H2,3-4H3/b8-7-,14-9-. The Labute approximate surface area is 92.4 Å². The Bertz CT molecular complexity index is 361. The Balaban J connectivity index is 4.86. The van der Waals surface area contributed by atoms with Gasteiger partial charge in [0.15, 0.2) is 0 Å². The van der Waals surface area contributed by atoms with Gasteiger partial charge in [-0.25, -0.2) is 0 Å². The summed E-state index contributed by atoms with van der Waals surface area (Å²) in [5.41, 5.74) is 2.41. The van der Waals surface area contributed by atoms with Crippen LogP contribution in [-0.2, 0) is 0 Å². The number of nitrogens with zero attached hydrogens (tertiary/aromatic N) is 1. The molecule has 0 fully saturated rings.